The number of carbonyl (C=O) groups excluding carboxylic acids is 1. The maximum atomic E-state index is 13.1. The lowest BCUT2D eigenvalue weighted by molar-refractivity contribution is -0.148. The highest BCUT2D eigenvalue weighted by Crippen LogP contribution is 2.36. The normalized spacial score (nSPS) is 25.0. The van der Waals surface area contributed by atoms with Crippen LogP contribution in [-0.2, 0) is 9.53 Å². The largest absolute Gasteiger partial charge is 0.494 e. The quantitative estimate of drug-likeness (QED) is 0.488. The van der Waals surface area contributed by atoms with E-state index in [9.17, 15) is 4.79 Å². The van der Waals surface area contributed by atoms with Gasteiger partial charge in [-0.2, -0.15) is 0 Å². The van der Waals surface area contributed by atoms with Crippen molar-refractivity contribution in [2.45, 2.75) is 83.7 Å². The van der Waals surface area contributed by atoms with Crippen molar-refractivity contribution in [1.29, 1.82) is 0 Å². The van der Waals surface area contributed by atoms with Gasteiger partial charge in [0.2, 0.25) is 0 Å². The Kier molecular flexibility index (Phi) is 9.66. The first-order valence-electron chi connectivity index (χ1n) is 12.5. The SMILES string of the molecule is CCCO[C@]1(C(=O)Nc2ccc(OCCCN3CCCCCC3)cc2)CCC[C@H](C)C1. The number of hydrogen-bond acceptors (Lipinski definition) is 4. The van der Waals surface area contributed by atoms with Gasteiger partial charge in [-0.15, -0.1) is 0 Å². The third-order valence-electron chi connectivity index (χ3n) is 6.65. The zero-order valence-corrected chi connectivity index (χ0v) is 19.7. The molecule has 1 aromatic rings. The molecular weight excluding hydrogens is 388 g/mol. The molecule has 0 aromatic heterocycles. The summed E-state index contributed by atoms with van der Waals surface area (Å²) in [7, 11) is 0. The Bertz CT molecular complexity index is 655. The molecule has 1 saturated carbocycles. The summed E-state index contributed by atoms with van der Waals surface area (Å²) in [5.41, 5.74) is 0.121. The van der Waals surface area contributed by atoms with Crippen LogP contribution in [0, 0.1) is 5.92 Å². The van der Waals surface area contributed by atoms with E-state index in [4.69, 9.17) is 9.47 Å². The van der Waals surface area contributed by atoms with Crippen molar-refractivity contribution in [3.63, 3.8) is 0 Å². The molecule has 0 radical (unpaired) electrons. The Morgan fingerprint density at radius 3 is 2.52 bits per heavy atom. The predicted octanol–water partition coefficient (Wildman–Crippen LogP) is 5.65. The second-order valence-electron chi connectivity index (χ2n) is 9.48. The molecule has 31 heavy (non-hydrogen) atoms. The van der Waals surface area contributed by atoms with Crippen LogP contribution in [0.2, 0.25) is 0 Å². The summed E-state index contributed by atoms with van der Waals surface area (Å²) in [5, 5.41) is 3.10. The molecule has 1 aliphatic heterocycles. The minimum atomic E-state index is -0.684. The summed E-state index contributed by atoms with van der Waals surface area (Å²) >= 11 is 0. The van der Waals surface area contributed by atoms with Gasteiger partial charge in [0.1, 0.15) is 11.4 Å². The van der Waals surface area contributed by atoms with Crippen LogP contribution in [0.15, 0.2) is 24.3 Å². The Labute approximate surface area is 188 Å². The molecule has 5 heteroatoms. The predicted molar refractivity (Wildman–Crippen MR) is 127 cm³/mol. The smallest absolute Gasteiger partial charge is 0.256 e. The lowest BCUT2D eigenvalue weighted by atomic mass is 9.78. The number of nitrogens with zero attached hydrogens (tertiary/aromatic N) is 1. The summed E-state index contributed by atoms with van der Waals surface area (Å²) in [6.07, 6.45) is 11.2. The molecule has 0 spiro atoms. The van der Waals surface area contributed by atoms with Gasteiger partial charge in [-0.3, -0.25) is 4.79 Å². The topological polar surface area (TPSA) is 50.8 Å². The van der Waals surface area contributed by atoms with Gasteiger partial charge in [0.05, 0.1) is 6.61 Å². The number of amides is 1. The van der Waals surface area contributed by atoms with Crippen molar-refractivity contribution in [3.05, 3.63) is 24.3 Å². The molecule has 0 bridgehead atoms. The fourth-order valence-electron chi connectivity index (χ4n) is 4.92. The molecule has 2 atom stereocenters. The van der Waals surface area contributed by atoms with Crippen molar-refractivity contribution in [2.24, 2.45) is 5.92 Å². The van der Waals surface area contributed by atoms with Crippen molar-refractivity contribution in [2.75, 3.05) is 38.2 Å². The Morgan fingerprint density at radius 1 is 1.10 bits per heavy atom. The molecule has 1 N–H and O–H groups in total. The molecule has 1 saturated heterocycles. The highest BCUT2D eigenvalue weighted by atomic mass is 16.5. The fourth-order valence-corrected chi connectivity index (χ4v) is 4.92. The lowest BCUT2D eigenvalue weighted by Gasteiger charge is -2.38. The first kappa shape index (κ1) is 24.1. The highest BCUT2D eigenvalue weighted by molar-refractivity contribution is 5.97. The highest BCUT2D eigenvalue weighted by Gasteiger charge is 2.42. The molecule has 3 rings (SSSR count). The number of benzene rings is 1. The van der Waals surface area contributed by atoms with Crippen LogP contribution in [0.3, 0.4) is 0 Å². The summed E-state index contributed by atoms with van der Waals surface area (Å²) in [5.74, 6) is 1.37. The van der Waals surface area contributed by atoms with Crippen molar-refractivity contribution >= 4 is 11.6 Å². The van der Waals surface area contributed by atoms with E-state index in [1.165, 1.54) is 45.2 Å². The van der Waals surface area contributed by atoms with E-state index in [2.05, 4.69) is 24.1 Å². The number of likely N-dealkylation sites (tertiary alicyclic amines) is 1. The van der Waals surface area contributed by atoms with Crippen LogP contribution in [0.5, 0.6) is 5.75 Å². The number of ether oxygens (including phenoxy) is 2. The Hall–Kier alpha value is -1.59. The number of hydrogen-bond donors (Lipinski definition) is 1. The van der Waals surface area contributed by atoms with Crippen molar-refractivity contribution in [3.8, 4) is 5.75 Å². The molecule has 2 aliphatic rings. The molecule has 0 unspecified atom stereocenters. The summed E-state index contributed by atoms with van der Waals surface area (Å²) in [6.45, 7) is 9.25. The Morgan fingerprint density at radius 2 is 1.84 bits per heavy atom. The monoisotopic (exact) mass is 430 g/mol. The molecule has 2 fully saturated rings. The first-order chi connectivity index (χ1) is 15.1. The van der Waals surface area contributed by atoms with E-state index in [-0.39, 0.29) is 5.91 Å². The molecule has 174 valence electrons. The van der Waals surface area contributed by atoms with E-state index in [0.29, 0.717) is 12.5 Å². The zero-order valence-electron chi connectivity index (χ0n) is 19.7. The van der Waals surface area contributed by atoms with Gasteiger partial charge < -0.3 is 19.7 Å². The maximum absolute atomic E-state index is 13.1. The van der Waals surface area contributed by atoms with Crippen LogP contribution in [-0.4, -0.2) is 49.3 Å². The van der Waals surface area contributed by atoms with Gasteiger partial charge in [0.25, 0.3) is 5.91 Å². The standard InChI is InChI=1S/C26H42N2O3/c1-3-19-31-26(15-8-10-22(2)21-26)25(29)27-23-11-13-24(14-12-23)30-20-9-18-28-16-6-4-5-7-17-28/h11-14,22H,3-10,15-21H2,1-2H3,(H,27,29)/t22-,26+/m0/s1. The second kappa shape index (κ2) is 12.4. The van der Waals surface area contributed by atoms with Crippen molar-refractivity contribution in [1.82, 2.24) is 4.90 Å². The van der Waals surface area contributed by atoms with Crippen LogP contribution >= 0.6 is 0 Å². The van der Waals surface area contributed by atoms with Crippen LogP contribution in [0.1, 0.15) is 78.1 Å². The van der Waals surface area contributed by atoms with E-state index >= 15 is 0 Å². The van der Waals surface area contributed by atoms with Gasteiger partial charge in [0, 0.05) is 18.8 Å². The lowest BCUT2D eigenvalue weighted by Crippen LogP contribution is -2.48. The molecule has 5 nitrogen and oxygen atoms in total. The van der Waals surface area contributed by atoms with Gasteiger partial charge >= 0.3 is 0 Å². The molecule has 1 aromatic carbocycles. The summed E-state index contributed by atoms with van der Waals surface area (Å²) in [4.78, 5) is 15.7. The van der Waals surface area contributed by atoms with Crippen LogP contribution < -0.4 is 10.1 Å². The molecule has 1 aliphatic carbocycles. The van der Waals surface area contributed by atoms with Gasteiger partial charge in [0.15, 0.2) is 0 Å². The minimum Gasteiger partial charge on any atom is -0.494 e. The van der Waals surface area contributed by atoms with E-state index in [1.54, 1.807) is 0 Å². The van der Waals surface area contributed by atoms with E-state index in [1.807, 2.05) is 24.3 Å². The number of anilines is 1. The number of nitrogens with one attached hydrogen (secondary N) is 1. The molecule has 1 amide bonds. The zero-order chi connectivity index (χ0) is 21.9. The summed E-state index contributed by atoms with van der Waals surface area (Å²) in [6, 6.07) is 7.76. The van der Waals surface area contributed by atoms with Gasteiger partial charge in [-0.05, 0) is 88.2 Å². The number of rotatable bonds is 10. The van der Waals surface area contributed by atoms with E-state index in [0.717, 1.165) is 56.7 Å². The van der Waals surface area contributed by atoms with E-state index < -0.39 is 5.60 Å². The summed E-state index contributed by atoms with van der Waals surface area (Å²) < 4.78 is 12.1. The van der Waals surface area contributed by atoms with Gasteiger partial charge in [-0.1, -0.05) is 33.1 Å². The van der Waals surface area contributed by atoms with Crippen LogP contribution in [0.25, 0.3) is 0 Å². The third-order valence-corrected chi connectivity index (χ3v) is 6.65. The average molecular weight is 431 g/mol. The average Bonchev–Trinajstić information content (AvgIpc) is 3.05. The van der Waals surface area contributed by atoms with Gasteiger partial charge in [-0.25, -0.2) is 0 Å². The van der Waals surface area contributed by atoms with Crippen LogP contribution in [0.4, 0.5) is 5.69 Å². The third kappa shape index (κ3) is 7.50. The molecular formula is C26H42N2O3. The maximum Gasteiger partial charge on any atom is 0.256 e. The molecule has 1 heterocycles. The second-order valence-corrected chi connectivity index (χ2v) is 9.48. The first-order valence-corrected chi connectivity index (χ1v) is 12.5. The fraction of sp³-hybridized carbons (Fsp3) is 0.731. The van der Waals surface area contributed by atoms with Crippen molar-refractivity contribution < 1.29 is 14.3 Å². The minimum absolute atomic E-state index is 0.00128. The Balaban J connectivity index is 1.45. The number of carbonyl (C=O) groups is 1.